The lowest BCUT2D eigenvalue weighted by Crippen LogP contribution is -2.21. The van der Waals surface area contributed by atoms with Crippen molar-refractivity contribution < 1.29 is 5.11 Å². The van der Waals surface area contributed by atoms with Gasteiger partial charge in [0.25, 0.3) is 0 Å². The predicted octanol–water partition coefficient (Wildman–Crippen LogP) is 4.30. The largest absolute Gasteiger partial charge is 0.392 e. The molecule has 0 amide bonds. The number of aliphatic hydroxyl groups excluding tert-OH is 1. The summed E-state index contributed by atoms with van der Waals surface area (Å²) in [6.45, 7) is 4.68. The van der Waals surface area contributed by atoms with E-state index in [0.717, 1.165) is 11.4 Å². The van der Waals surface area contributed by atoms with Gasteiger partial charge in [-0.25, -0.2) is 0 Å². The number of benzene rings is 1. The minimum atomic E-state index is 0.143. The van der Waals surface area contributed by atoms with Crippen LogP contribution in [0.5, 0.6) is 0 Å². The van der Waals surface area contributed by atoms with Crippen LogP contribution in [-0.4, -0.2) is 11.7 Å². The first kappa shape index (κ1) is 12.7. The quantitative estimate of drug-likeness (QED) is 0.830. The Kier molecular flexibility index (Phi) is 3.60. The summed E-state index contributed by atoms with van der Waals surface area (Å²) in [7, 11) is 0. The number of halogens is 1. The molecule has 0 bridgehead atoms. The van der Waals surface area contributed by atoms with Gasteiger partial charge in [-0.1, -0.05) is 37.6 Å². The summed E-state index contributed by atoms with van der Waals surface area (Å²) in [5.74, 6) is 0. The van der Waals surface area contributed by atoms with Gasteiger partial charge in [0, 0.05) is 5.02 Å². The van der Waals surface area contributed by atoms with Crippen LogP contribution in [0.25, 0.3) is 5.57 Å². The van der Waals surface area contributed by atoms with E-state index in [1.807, 2.05) is 12.1 Å². The standard InChI is InChI=1S/C15H19ClO/c1-15(2)9-3-4-12(10-17)14(15)11-5-7-13(16)8-6-11/h5-8,17H,3-4,9-10H2,1-2H3. The highest BCUT2D eigenvalue weighted by Gasteiger charge is 2.30. The second-order valence-electron chi connectivity index (χ2n) is 5.38. The van der Waals surface area contributed by atoms with Gasteiger partial charge >= 0.3 is 0 Å². The van der Waals surface area contributed by atoms with Crippen molar-refractivity contribution in [2.75, 3.05) is 6.61 Å². The summed E-state index contributed by atoms with van der Waals surface area (Å²) in [5.41, 5.74) is 3.83. The Morgan fingerprint density at radius 2 is 1.88 bits per heavy atom. The highest BCUT2D eigenvalue weighted by molar-refractivity contribution is 6.30. The molecular weight excluding hydrogens is 232 g/mol. The van der Waals surface area contributed by atoms with E-state index in [1.165, 1.54) is 29.6 Å². The molecule has 0 heterocycles. The van der Waals surface area contributed by atoms with E-state index in [4.69, 9.17) is 11.6 Å². The summed E-state index contributed by atoms with van der Waals surface area (Å²) in [5, 5.41) is 10.3. The molecule has 0 aromatic heterocycles. The number of rotatable bonds is 2. The van der Waals surface area contributed by atoms with Crippen LogP contribution in [0.1, 0.15) is 38.7 Å². The smallest absolute Gasteiger partial charge is 0.0647 e. The minimum absolute atomic E-state index is 0.143. The van der Waals surface area contributed by atoms with Gasteiger partial charge in [0.05, 0.1) is 6.61 Å². The Morgan fingerprint density at radius 3 is 2.47 bits per heavy atom. The van der Waals surface area contributed by atoms with Crippen LogP contribution >= 0.6 is 11.6 Å². The maximum Gasteiger partial charge on any atom is 0.0647 e. The van der Waals surface area contributed by atoms with Crippen molar-refractivity contribution in [3.63, 3.8) is 0 Å². The zero-order valence-corrected chi connectivity index (χ0v) is 11.2. The molecule has 0 spiro atoms. The molecule has 1 N–H and O–H groups in total. The van der Waals surface area contributed by atoms with Crippen molar-refractivity contribution in [3.8, 4) is 0 Å². The van der Waals surface area contributed by atoms with Gasteiger partial charge in [-0.05, 0) is 53.5 Å². The van der Waals surface area contributed by atoms with Gasteiger partial charge in [-0.2, -0.15) is 0 Å². The Bertz CT molecular complexity index is 429. The highest BCUT2D eigenvalue weighted by Crippen LogP contribution is 2.45. The van der Waals surface area contributed by atoms with Gasteiger partial charge in [-0.15, -0.1) is 0 Å². The van der Waals surface area contributed by atoms with Crippen molar-refractivity contribution in [3.05, 3.63) is 40.4 Å². The van der Waals surface area contributed by atoms with Crippen molar-refractivity contribution in [1.29, 1.82) is 0 Å². The predicted molar refractivity (Wildman–Crippen MR) is 73.1 cm³/mol. The van der Waals surface area contributed by atoms with Crippen molar-refractivity contribution in [2.45, 2.75) is 33.1 Å². The lowest BCUT2D eigenvalue weighted by atomic mass is 9.70. The van der Waals surface area contributed by atoms with E-state index < -0.39 is 0 Å². The third-order valence-electron chi connectivity index (χ3n) is 3.63. The SMILES string of the molecule is CC1(C)CCCC(CO)=C1c1ccc(Cl)cc1. The van der Waals surface area contributed by atoms with Crippen LogP contribution in [0.15, 0.2) is 29.8 Å². The maximum atomic E-state index is 9.53. The number of allylic oxidation sites excluding steroid dienone is 1. The molecule has 2 rings (SSSR count). The van der Waals surface area contributed by atoms with E-state index >= 15 is 0 Å². The van der Waals surface area contributed by atoms with E-state index in [-0.39, 0.29) is 12.0 Å². The molecule has 0 saturated heterocycles. The van der Waals surface area contributed by atoms with Crippen LogP contribution in [0.3, 0.4) is 0 Å². The summed E-state index contributed by atoms with van der Waals surface area (Å²) in [6, 6.07) is 7.95. The van der Waals surface area contributed by atoms with Crippen LogP contribution in [0, 0.1) is 5.41 Å². The summed E-state index contributed by atoms with van der Waals surface area (Å²) in [6.07, 6.45) is 3.35. The van der Waals surface area contributed by atoms with Gasteiger partial charge in [-0.3, -0.25) is 0 Å². The van der Waals surface area contributed by atoms with Crippen LogP contribution < -0.4 is 0 Å². The fraction of sp³-hybridized carbons (Fsp3) is 0.467. The molecule has 1 aromatic rings. The average molecular weight is 251 g/mol. The molecule has 0 atom stereocenters. The van der Waals surface area contributed by atoms with Gasteiger partial charge in [0.15, 0.2) is 0 Å². The lowest BCUT2D eigenvalue weighted by molar-refractivity contribution is 0.312. The first-order valence-corrected chi connectivity index (χ1v) is 6.52. The topological polar surface area (TPSA) is 20.2 Å². The van der Waals surface area contributed by atoms with Crippen molar-refractivity contribution >= 4 is 17.2 Å². The summed E-state index contributed by atoms with van der Waals surface area (Å²) in [4.78, 5) is 0. The molecule has 0 unspecified atom stereocenters. The highest BCUT2D eigenvalue weighted by atomic mass is 35.5. The molecule has 0 saturated carbocycles. The molecular formula is C15H19ClO. The zero-order chi connectivity index (χ0) is 12.5. The second-order valence-corrected chi connectivity index (χ2v) is 5.82. The molecule has 92 valence electrons. The fourth-order valence-corrected chi connectivity index (χ4v) is 2.97. The molecule has 1 aliphatic rings. The van der Waals surface area contributed by atoms with E-state index in [2.05, 4.69) is 26.0 Å². The first-order valence-electron chi connectivity index (χ1n) is 6.14. The Hall–Kier alpha value is -0.790. The van der Waals surface area contributed by atoms with E-state index in [9.17, 15) is 5.11 Å². The molecule has 1 aromatic carbocycles. The first-order chi connectivity index (χ1) is 8.04. The molecule has 0 fully saturated rings. The minimum Gasteiger partial charge on any atom is -0.392 e. The molecule has 1 aliphatic carbocycles. The van der Waals surface area contributed by atoms with Crippen LogP contribution in [0.4, 0.5) is 0 Å². The van der Waals surface area contributed by atoms with Gasteiger partial charge < -0.3 is 5.11 Å². The Balaban J connectivity index is 2.51. The van der Waals surface area contributed by atoms with E-state index in [0.29, 0.717) is 0 Å². The molecule has 1 nitrogen and oxygen atoms in total. The number of aliphatic hydroxyl groups is 1. The Morgan fingerprint density at radius 1 is 1.24 bits per heavy atom. The lowest BCUT2D eigenvalue weighted by Gasteiger charge is -2.35. The summed E-state index contributed by atoms with van der Waals surface area (Å²) >= 11 is 5.93. The second kappa shape index (κ2) is 4.83. The molecule has 2 heteroatoms. The van der Waals surface area contributed by atoms with Crippen molar-refractivity contribution in [1.82, 2.24) is 0 Å². The maximum absolute atomic E-state index is 9.53. The summed E-state index contributed by atoms with van der Waals surface area (Å²) < 4.78 is 0. The number of hydrogen-bond donors (Lipinski definition) is 1. The Labute approximate surface area is 108 Å². The molecule has 0 radical (unpaired) electrons. The third kappa shape index (κ3) is 2.56. The van der Waals surface area contributed by atoms with Crippen LogP contribution in [-0.2, 0) is 0 Å². The van der Waals surface area contributed by atoms with Gasteiger partial charge in [0.1, 0.15) is 0 Å². The fourth-order valence-electron chi connectivity index (χ4n) is 2.84. The number of hydrogen-bond acceptors (Lipinski definition) is 1. The molecule has 17 heavy (non-hydrogen) atoms. The van der Waals surface area contributed by atoms with E-state index in [1.54, 1.807) is 0 Å². The average Bonchev–Trinajstić information content (AvgIpc) is 2.29. The van der Waals surface area contributed by atoms with Gasteiger partial charge in [0.2, 0.25) is 0 Å². The zero-order valence-electron chi connectivity index (χ0n) is 10.5. The third-order valence-corrected chi connectivity index (χ3v) is 3.89. The molecule has 0 aliphatic heterocycles. The van der Waals surface area contributed by atoms with Crippen LogP contribution in [0.2, 0.25) is 5.02 Å². The monoisotopic (exact) mass is 250 g/mol. The normalized spacial score (nSPS) is 19.5. The van der Waals surface area contributed by atoms with Crippen molar-refractivity contribution in [2.24, 2.45) is 5.41 Å².